The molecule has 2 aliphatic rings. The number of carbonyl (C=O) groups is 1. The molecule has 162 valence electrons. The average Bonchev–Trinajstić information content (AvgIpc) is 3.35. The zero-order valence-corrected chi connectivity index (χ0v) is 17.9. The fourth-order valence-corrected chi connectivity index (χ4v) is 4.93. The number of amides is 2. The normalized spacial score (nSPS) is 20.2. The first-order valence-corrected chi connectivity index (χ1v) is 11.2. The van der Waals surface area contributed by atoms with Gasteiger partial charge in [-0.15, -0.1) is 5.10 Å². The fraction of sp³-hybridized carbons (Fsp3) is 0.478. The zero-order valence-electron chi connectivity index (χ0n) is 17.9. The number of carbonyl (C=O) groups excluding carboxylic acids is 1. The molecule has 8 nitrogen and oxygen atoms in total. The predicted octanol–water partition coefficient (Wildman–Crippen LogP) is 3.15. The van der Waals surface area contributed by atoms with E-state index in [1.165, 1.54) is 0 Å². The van der Waals surface area contributed by atoms with Crippen LogP contribution in [0.2, 0.25) is 0 Å². The number of aromatic nitrogens is 4. The van der Waals surface area contributed by atoms with Crippen molar-refractivity contribution >= 4 is 22.6 Å². The molecule has 2 fully saturated rings. The van der Waals surface area contributed by atoms with Crippen LogP contribution in [0.5, 0.6) is 0 Å². The lowest BCUT2D eigenvalue weighted by atomic mass is 10.0. The summed E-state index contributed by atoms with van der Waals surface area (Å²) in [5.41, 5.74) is 1.15. The smallest absolute Gasteiger partial charge is 0.324 e. The maximum Gasteiger partial charge on any atom is 0.325 e. The maximum atomic E-state index is 13.9. The Morgan fingerprint density at radius 1 is 1.16 bits per heavy atom. The topological polar surface area (TPSA) is 79.2 Å². The molecule has 4 heterocycles. The lowest BCUT2D eigenvalue weighted by Gasteiger charge is -2.40. The quantitative estimate of drug-likeness (QED) is 0.706. The highest BCUT2D eigenvalue weighted by Crippen LogP contribution is 2.32. The summed E-state index contributed by atoms with van der Waals surface area (Å²) < 4.78 is 1.92. The molecule has 0 aliphatic carbocycles. The van der Waals surface area contributed by atoms with Gasteiger partial charge in [0.05, 0.1) is 18.3 Å². The van der Waals surface area contributed by atoms with E-state index in [4.69, 9.17) is 4.98 Å². The van der Waals surface area contributed by atoms with Crippen LogP contribution in [0.15, 0.2) is 42.9 Å². The summed E-state index contributed by atoms with van der Waals surface area (Å²) in [4.78, 5) is 22.6. The SMILES string of the molecule is Cc1cccc2ccnc(N(C(=O)N3CCC(n4ccnn4)CC3)[C@@H]3CCCNC3)c12. The van der Waals surface area contributed by atoms with E-state index in [1.807, 2.05) is 32.9 Å². The summed E-state index contributed by atoms with van der Waals surface area (Å²) in [7, 11) is 0. The summed E-state index contributed by atoms with van der Waals surface area (Å²) in [6, 6.07) is 8.75. The van der Waals surface area contributed by atoms with E-state index >= 15 is 0 Å². The highest BCUT2D eigenvalue weighted by molar-refractivity contribution is 6.03. The second-order valence-electron chi connectivity index (χ2n) is 8.56. The summed E-state index contributed by atoms with van der Waals surface area (Å²) >= 11 is 0. The number of aryl methyl sites for hydroxylation is 1. The Morgan fingerprint density at radius 3 is 2.77 bits per heavy atom. The monoisotopic (exact) mass is 419 g/mol. The lowest BCUT2D eigenvalue weighted by molar-refractivity contribution is 0.170. The van der Waals surface area contributed by atoms with E-state index in [-0.39, 0.29) is 12.1 Å². The van der Waals surface area contributed by atoms with Gasteiger partial charge < -0.3 is 10.2 Å². The van der Waals surface area contributed by atoms with Gasteiger partial charge >= 0.3 is 6.03 Å². The molecule has 8 heteroatoms. The largest absolute Gasteiger partial charge is 0.325 e. The number of rotatable bonds is 3. The first-order valence-electron chi connectivity index (χ1n) is 11.2. The minimum absolute atomic E-state index is 0.0639. The number of pyridine rings is 1. The molecule has 0 unspecified atom stereocenters. The van der Waals surface area contributed by atoms with Gasteiger partial charge in [-0.3, -0.25) is 4.90 Å². The fourth-order valence-electron chi connectivity index (χ4n) is 4.93. The molecule has 1 aromatic carbocycles. The van der Waals surface area contributed by atoms with Crippen LogP contribution in [0.3, 0.4) is 0 Å². The summed E-state index contributed by atoms with van der Waals surface area (Å²) in [5, 5.41) is 13.7. The average molecular weight is 420 g/mol. The van der Waals surface area contributed by atoms with E-state index < -0.39 is 0 Å². The molecule has 1 N–H and O–H groups in total. The number of nitrogens with one attached hydrogen (secondary N) is 1. The van der Waals surface area contributed by atoms with E-state index in [2.05, 4.69) is 40.8 Å². The molecule has 2 saturated heterocycles. The van der Waals surface area contributed by atoms with Crippen molar-refractivity contribution in [1.82, 2.24) is 30.2 Å². The van der Waals surface area contributed by atoms with Gasteiger partial charge in [0.25, 0.3) is 0 Å². The van der Waals surface area contributed by atoms with Crippen LogP contribution in [-0.4, -0.2) is 63.1 Å². The van der Waals surface area contributed by atoms with Gasteiger partial charge in [0.15, 0.2) is 0 Å². The number of anilines is 1. The Labute approximate surface area is 182 Å². The lowest BCUT2D eigenvalue weighted by Crippen LogP contribution is -2.55. The number of piperidine rings is 2. The van der Waals surface area contributed by atoms with Crippen LogP contribution >= 0.6 is 0 Å². The molecular formula is C23H29N7O. The molecule has 31 heavy (non-hydrogen) atoms. The van der Waals surface area contributed by atoms with Gasteiger partial charge in [-0.2, -0.15) is 0 Å². The van der Waals surface area contributed by atoms with E-state index in [0.29, 0.717) is 19.1 Å². The van der Waals surface area contributed by atoms with Crippen molar-refractivity contribution in [2.45, 2.75) is 44.7 Å². The van der Waals surface area contributed by atoms with Crippen LogP contribution in [-0.2, 0) is 0 Å². The third-order valence-electron chi connectivity index (χ3n) is 6.60. The van der Waals surface area contributed by atoms with Crippen molar-refractivity contribution in [3.8, 4) is 0 Å². The van der Waals surface area contributed by atoms with Crippen LogP contribution < -0.4 is 10.2 Å². The first-order chi connectivity index (χ1) is 15.2. The second-order valence-corrected chi connectivity index (χ2v) is 8.56. The maximum absolute atomic E-state index is 13.9. The predicted molar refractivity (Wildman–Crippen MR) is 120 cm³/mol. The van der Waals surface area contributed by atoms with Crippen molar-refractivity contribution in [3.05, 3.63) is 48.4 Å². The van der Waals surface area contributed by atoms with E-state index in [1.54, 1.807) is 6.20 Å². The number of nitrogens with zero attached hydrogens (tertiary/aromatic N) is 6. The molecule has 2 amide bonds. The molecule has 2 aliphatic heterocycles. The van der Waals surface area contributed by atoms with Crippen molar-refractivity contribution in [2.24, 2.45) is 0 Å². The van der Waals surface area contributed by atoms with Gasteiger partial charge in [0, 0.05) is 37.4 Å². The third kappa shape index (κ3) is 3.87. The summed E-state index contributed by atoms with van der Waals surface area (Å²) in [6.45, 7) is 5.32. The van der Waals surface area contributed by atoms with Crippen molar-refractivity contribution < 1.29 is 4.79 Å². The van der Waals surface area contributed by atoms with Gasteiger partial charge in [-0.25, -0.2) is 14.5 Å². The van der Waals surface area contributed by atoms with Crippen LogP contribution in [0.1, 0.15) is 37.3 Å². The minimum atomic E-state index is 0.0639. The molecule has 3 aromatic rings. The summed E-state index contributed by atoms with van der Waals surface area (Å²) in [6.07, 6.45) is 9.26. The number of fused-ring (bicyclic) bond motifs is 1. The molecule has 0 radical (unpaired) electrons. The Kier molecular flexibility index (Phi) is 5.55. The molecular weight excluding hydrogens is 390 g/mol. The van der Waals surface area contributed by atoms with Gasteiger partial charge in [0.1, 0.15) is 5.82 Å². The Hall–Kier alpha value is -3.00. The number of likely N-dealkylation sites (tertiary alicyclic amines) is 1. The Balaban J connectivity index is 1.46. The van der Waals surface area contributed by atoms with Crippen molar-refractivity contribution in [2.75, 3.05) is 31.1 Å². The van der Waals surface area contributed by atoms with Crippen LogP contribution in [0.25, 0.3) is 10.8 Å². The highest BCUT2D eigenvalue weighted by Gasteiger charge is 2.34. The van der Waals surface area contributed by atoms with Gasteiger partial charge in [-0.05, 0) is 56.2 Å². The zero-order chi connectivity index (χ0) is 21.2. The van der Waals surface area contributed by atoms with Gasteiger partial charge in [-0.1, -0.05) is 23.4 Å². The standard InChI is InChI=1S/C23H29N7O/c1-17-4-2-5-18-7-11-25-22(21(17)18)30(20-6-3-10-24-16-20)23(31)28-13-8-19(9-14-28)29-15-12-26-27-29/h2,4-5,7,11-12,15,19-20,24H,3,6,8-10,13-14,16H2,1H3/t20-/m1/s1. The highest BCUT2D eigenvalue weighted by atomic mass is 16.2. The van der Waals surface area contributed by atoms with E-state index in [9.17, 15) is 4.79 Å². The van der Waals surface area contributed by atoms with Crippen molar-refractivity contribution in [3.63, 3.8) is 0 Å². The number of benzene rings is 1. The molecule has 0 saturated carbocycles. The Bertz CT molecular complexity index is 1030. The minimum Gasteiger partial charge on any atom is -0.324 e. The van der Waals surface area contributed by atoms with Crippen LogP contribution in [0.4, 0.5) is 10.6 Å². The molecule has 0 spiro atoms. The third-order valence-corrected chi connectivity index (χ3v) is 6.60. The molecule has 2 aromatic heterocycles. The van der Waals surface area contributed by atoms with Gasteiger partial charge in [0.2, 0.25) is 0 Å². The second kappa shape index (κ2) is 8.63. The molecule has 5 rings (SSSR count). The summed E-state index contributed by atoms with van der Waals surface area (Å²) in [5.74, 6) is 0.785. The molecule has 1 atom stereocenters. The van der Waals surface area contributed by atoms with E-state index in [0.717, 1.165) is 60.9 Å². The van der Waals surface area contributed by atoms with Crippen molar-refractivity contribution in [1.29, 1.82) is 0 Å². The van der Waals surface area contributed by atoms with Crippen LogP contribution in [0, 0.1) is 6.92 Å². The Morgan fingerprint density at radius 2 is 2.03 bits per heavy atom. The number of hydrogen-bond acceptors (Lipinski definition) is 5. The number of hydrogen-bond donors (Lipinski definition) is 1. The molecule has 0 bridgehead atoms. The number of urea groups is 1. The first kappa shape index (κ1) is 19.9.